The van der Waals surface area contributed by atoms with Crippen LogP contribution >= 0.6 is 11.5 Å². The zero-order valence-electron chi connectivity index (χ0n) is 9.30. The number of hydrogen-bond acceptors (Lipinski definition) is 4. The van der Waals surface area contributed by atoms with Gasteiger partial charge in [0.1, 0.15) is 0 Å². The molecule has 1 heterocycles. The summed E-state index contributed by atoms with van der Waals surface area (Å²) in [5.41, 5.74) is 0. The highest BCUT2D eigenvalue weighted by molar-refractivity contribution is 7.09. The third kappa shape index (κ3) is 3.62. The molecule has 92 valence electrons. The van der Waals surface area contributed by atoms with Gasteiger partial charge in [0.25, 0.3) is 0 Å². The van der Waals surface area contributed by atoms with E-state index in [4.69, 9.17) is 0 Å². The van der Waals surface area contributed by atoms with Crippen LogP contribution in [-0.2, 0) is 6.18 Å². The maximum Gasteiger partial charge on any atom is 0.452 e. The Bertz CT molecular complexity index is 335. The summed E-state index contributed by atoms with van der Waals surface area (Å²) < 4.78 is 39.8. The van der Waals surface area contributed by atoms with Crippen LogP contribution < -0.4 is 5.32 Å². The van der Waals surface area contributed by atoms with Gasteiger partial charge in [-0.05, 0) is 11.8 Å². The lowest BCUT2D eigenvalue weighted by Crippen LogP contribution is -2.16. The Morgan fingerprint density at radius 1 is 1.31 bits per heavy atom. The van der Waals surface area contributed by atoms with Crippen LogP contribution in [0.2, 0.25) is 0 Å². The maximum atomic E-state index is 12.2. The van der Waals surface area contributed by atoms with Crippen molar-refractivity contribution >= 4 is 16.7 Å². The van der Waals surface area contributed by atoms with Crippen LogP contribution in [-0.4, -0.2) is 15.9 Å². The van der Waals surface area contributed by atoms with E-state index in [2.05, 4.69) is 28.5 Å². The smallest absolute Gasteiger partial charge is 0.360 e. The molecule has 1 unspecified atom stereocenters. The average Bonchev–Trinajstić information content (AvgIpc) is 2.61. The predicted octanol–water partition coefficient (Wildman–Crippen LogP) is 3.26. The molecule has 0 bridgehead atoms. The van der Waals surface area contributed by atoms with E-state index in [0.717, 1.165) is 11.5 Å². The van der Waals surface area contributed by atoms with Gasteiger partial charge in [0.15, 0.2) is 0 Å². The number of hydrogen-bond donors (Lipinski definition) is 1. The first kappa shape index (κ1) is 13.2. The molecule has 3 nitrogen and oxygen atoms in total. The molecule has 0 saturated heterocycles. The summed E-state index contributed by atoms with van der Waals surface area (Å²) in [5, 5.41) is 3.09. The second kappa shape index (κ2) is 4.99. The minimum atomic E-state index is -4.46. The first-order chi connectivity index (χ1) is 7.30. The topological polar surface area (TPSA) is 37.8 Å². The summed E-state index contributed by atoms with van der Waals surface area (Å²) in [7, 11) is 0. The van der Waals surface area contributed by atoms with Gasteiger partial charge in [-0.2, -0.15) is 22.5 Å². The summed E-state index contributed by atoms with van der Waals surface area (Å²) in [4.78, 5) is 3.38. The Balaban J connectivity index is 2.53. The van der Waals surface area contributed by atoms with Gasteiger partial charge < -0.3 is 5.32 Å². The van der Waals surface area contributed by atoms with Gasteiger partial charge in [-0.25, -0.2) is 0 Å². The largest absolute Gasteiger partial charge is 0.452 e. The molecule has 1 rings (SSSR count). The second-order valence-electron chi connectivity index (χ2n) is 4.02. The third-order valence-corrected chi connectivity index (χ3v) is 3.07. The van der Waals surface area contributed by atoms with Gasteiger partial charge >= 0.3 is 6.18 Å². The lowest BCUT2D eigenvalue weighted by atomic mass is 9.98. The molecule has 1 aromatic heterocycles. The Labute approximate surface area is 96.3 Å². The lowest BCUT2D eigenvalue weighted by molar-refractivity contribution is -0.144. The number of aromatic nitrogens is 2. The number of rotatable bonds is 4. The summed E-state index contributed by atoms with van der Waals surface area (Å²) >= 11 is 0.738. The summed E-state index contributed by atoms with van der Waals surface area (Å²) in [6, 6.07) is 0. The van der Waals surface area contributed by atoms with E-state index in [9.17, 15) is 13.2 Å². The van der Waals surface area contributed by atoms with Gasteiger partial charge in [0, 0.05) is 18.1 Å². The fourth-order valence-corrected chi connectivity index (χ4v) is 1.49. The summed E-state index contributed by atoms with van der Waals surface area (Å²) in [6.07, 6.45) is -4.46. The zero-order chi connectivity index (χ0) is 12.3. The lowest BCUT2D eigenvalue weighted by Gasteiger charge is -2.15. The molecule has 0 aliphatic carbocycles. The van der Waals surface area contributed by atoms with E-state index in [-0.39, 0.29) is 5.13 Å². The van der Waals surface area contributed by atoms with Crippen LogP contribution in [0.3, 0.4) is 0 Å². The van der Waals surface area contributed by atoms with Crippen LogP contribution in [0.4, 0.5) is 18.3 Å². The van der Waals surface area contributed by atoms with Crippen molar-refractivity contribution in [2.75, 3.05) is 11.9 Å². The Kier molecular flexibility index (Phi) is 4.12. The van der Waals surface area contributed by atoms with Crippen molar-refractivity contribution in [1.29, 1.82) is 0 Å². The van der Waals surface area contributed by atoms with Crippen molar-refractivity contribution in [3.63, 3.8) is 0 Å². The molecule has 1 N–H and O–H groups in total. The molecule has 0 fully saturated rings. The standard InChI is InChI=1S/C9H14F3N3S/c1-5(2)6(3)4-13-8-14-7(15-16-8)9(10,11)12/h5-6H,4H2,1-3H3,(H,13,14,15). The van der Waals surface area contributed by atoms with Crippen molar-refractivity contribution in [1.82, 2.24) is 9.36 Å². The molecule has 7 heteroatoms. The Hall–Kier alpha value is -0.850. The minimum Gasteiger partial charge on any atom is -0.360 e. The van der Waals surface area contributed by atoms with E-state index in [1.54, 1.807) is 0 Å². The molecule has 0 aromatic carbocycles. The van der Waals surface area contributed by atoms with E-state index >= 15 is 0 Å². The van der Waals surface area contributed by atoms with Gasteiger partial charge in [0.2, 0.25) is 11.0 Å². The molecular weight excluding hydrogens is 239 g/mol. The van der Waals surface area contributed by atoms with Crippen molar-refractivity contribution in [2.24, 2.45) is 11.8 Å². The van der Waals surface area contributed by atoms with Crippen LogP contribution in [0.25, 0.3) is 0 Å². The molecule has 0 saturated carbocycles. The maximum absolute atomic E-state index is 12.2. The SMILES string of the molecule is CC(C)C(C)CNc1nc(C(F)(F)F)ns1. The molecular formula is C9H14F3N3S. The highest BCUT2D eigenvalue weighted by Gasteiger charge is 2.36. The molecule has 0 spiro atoms. The summed E-state index contributed by atoms with van der Waals surface area (Å²) in [5.74, 6) is -0.224. The van der Waals surface area contributed by atoms with Crippen LogP contribution in [0.5, 0.6) is 0 Å². The third-order valence-electron chi connectivity index (χ3n) is 2.39. The van der Waals surface area contributed by atoms with Gasteiger partial charge in [-0.1, -0.05) is 20.8 Å². The fraction of sp³-hybridized carbons (Fsp3) is 0.778. The monoisotopic (exact) mass is 253 g/mol. The number of nitrogens with one attached hydrogen (secondary N) is 1. The molecule has 16 heavy (non-hydrogen) atoms. The Morgan fingerprint density at radius 3 is 2.38 bits per heavy atom. The van der Waals surface area contributed by atoms with Crippen LogP contribution in [0.15, 0.2) is 0 Å². The molecule has 0 radical (unpaired) electrons. The predicted molar refractivity (Wildman–Crippen MR) is 57.4 cm³/mol. The van der Waals surface area contributed by atoms with Gasteiger partial charge in [0.05, 0.1) is 0 Å². The van der Waals surface area contributed by atoms with Crippen molar-refractivity contribution in [2.45, 2.75) is 26.9 Å². The van der Waals surface area contributed by atoms with Gasteiger partial charge in [-0.15, -0.1) is 0 Å². The molecule has 1 aromatic rings. The second-order valence-corrected chi connectivity index (χ2v) is 4.77. The fourth-order valence-electron chi connectivity index (χ4n) is 0.894. The van der Waals surface area contributed by atoms with Crippen molar-refractivity contribution in [3.05, 3.63) is 5.82 Å². The highest BCUT2D eigenvalue weighted by Crippen LogP contribution is 2.29. The van der Waals surface area contributed by atoms with Crippen molar-refractivity contribution < 1.29 is 13.2 Å². The van der Waals surface area contributed by atoms with Crippen molar-refractivity contribution in [3.8, 4) is 0 Å². The first-order valence-corrected chi connectivity index (χ1v) is 5.73. The van der Waals surface area contributed by atoms with E-state index in [1.807, 2.05) is 6.92 Å². The number of alkyl halides is 3. The number of anilines is 1. The highest BCUT2D eigenvalue weighted by atomic mass is 32.1. The number of nitrogens with zero attached hydrogens (tertiary/aromatic N) is 2. The van der Waals surface area contributed by atoms with Crippen LogP contribution in [0, 0.1) is 11.8 Å². The average molecular weight is 253 g/mol. The van der Waals surface area contributed by atoms with Gasteiger partial charge in [-0.3, -0.25) is 0 Å². The summed E-state index contributed by atoms with van der Waals surface area (Å²) in [6.45, 7) is 6.76. The Morgan fingerprint density at radius 2 is 1.94 bits per heavy atom. The molecule has 0 amide bonds. The van der Waals surface area contributed by atoms with E-state index in [0.29, 0.717) is 18.4 Å². The zero-order valence-corrected chi connectivity index (χ0v) is 10.1. The normalized spacial score (nSPS) is 14.2. The molecule has 0 aliphatic rings. The minimum absolute atomic E-state index is 0.222. The molecule has 1 atom stereocenters. The van der Waals surface area contributed by atoms with Crippen LogP contribution in [0.1, 0.15) is 26.6 Å². The quantitative estimate of drug-likeness (QED) is 0.895. The first-order valence-electron chi connectivity index (χ1n) is 4.95. The number of halogens is 3. The van der Waals surface area contributed by atoms with E-state index < -0.39 is 12.0 Å². The van der Waals surface area contributed by atoms with E-state index in [1.165, 1.54) is 0 Å². The molecule has 0 aliphatic heterocycles.